The largest absolute Gasteiger partial charge is 0.481 e. The molecular weight excluding hydrogens is 294 g/mol. The van der Waals surface area contributed by atoms with E-state index >= 15 is 0 Å². The first-order valence-corrected chi connectivity index (χ1v) is 8.56. The van der Waals surface area contributed by atoms with Crippen molar-refractivity contribution in [1.29, 1.82) is 0 Å². The number of nitrogens with one attached hydrogen (secondary N) is 1. The van der Waals surface area contributed by atoms with E-state index < -0.39 is 5.97 Å². The van der Waals surface area contributed by atoms with Crippen molar-refractivity contribution < 1.29 is 9.90 Å². The van der Waals surface area contributed by atoms with Crippen molar-refractivity contribution in [2.24, 2.45) is 0 Å². The highest BCUT2D eigenvalue weighted by Crippen LogP contribution is 2.14. The number of aliphatic carboxylic acids is 1. The van der Waals surface area contributed by atoms with Gasteiger partial charge in [-0.05, 0) is 29.7 Å². The summed E-state index contributed by atoms with van der Waals surface area (Å²) in [7, 11) is 0. The lowest BCUT2D eigenvalue weighted by atomic mass is 10.1. The van der Waals surface area contributed by atoms with E-state index in [4.69, 9.17) is 5.11 Å². The lowest BCUT2D eigenvalue weighted by Gasteiger charge is -2.08. The number of carboxylic acid groups (broad SMARTS) is 1. The number of thioether (sulfide) groups is 1. The van der Waals surface area contributed by atoms with Crippen LogP contribution in [0.25, 0.3) is 0 Å². The molecule has 0 fully saturated rings. The SMILES string of the molecule is O=C(O)CCc1cccc(NCCSCc2ccccc2)c1. The standard InChI is InChI=1S/C18H21NO2S/c20-18(21)10-9-15-7-4-8-17(13-15)19-11-12-22-14-16-5-2-1-3-6-16/h1-8,13,19H,9-12,14H2,(H,20,21). The molecule has 116 valence electrons. The maximum absolute atomic E-state index is 10.6. The summed E-state index contributed by atoms with van der Waals surface area (Å²) in [6, 6.07) is 18.4. The second kappa shape index (κ2) is 9.15. The van der Waals surface area contributed by atoms with Gasteiger partial charge >= 0.3 is 5.97 Å². The van der Waals surface area contributed by atoms with E-state index in [2.05, 4.69) is 29.6 Å². The predicted octanol–water partition coefficient (Wildman–Crippen LogP) is 4.05. The zero-order valence-electron chi connectivity index (χ0n) is 12.5. The van der Waals surface area contributed by atoms with Crippen LogP contribution in [0, 0.1) is 0 Å². The third-order valence-electron chi connectivity index (χ3n) is 3.24. The molecule has 2 rings (SSSR count). The number of aryl methyl sites for hydroxylation is 1. The molecule has 4 heteroatoms. The predicted molar refractivity (Wildman–Crippen MR) is 93.5 cm³/mol. The van der Waals surface area contributed by atoms with Gasteiger partial charge in [-0.15, -0.1) is 0 Å². The van der Waals surface area contributed by atoms with Crippen LogP contribution in [0.2, 0.25) is 0 Å². The van der Waals surface area contributed by atoms with Crippen molar-refractivity contribution in [3.8, 4) is 0 Å². The van der Waals surface area contributed by atoms with Crippen molar-refractivity contribution in [1.82, 2.24) is 0 Å². The van der Waals surface area contributed by atoms with Gasteiger partial charge < -0.3 is 10.4 Å². The molecule has 0 radical (unpaired) electrons. The molecule has 0 atom stereocenters. The fraction of sp³-hybridized carbons (Fsp3) is 0.278. The Hall–Kier alpha value is -1.94. The highest BCUT2D eigenvalue weighted by atomic mass is 32.2. The Balaban J connectivity index is 1.68. The van der Waals surface area contributed by atoms with Crippen LogP contribution in [-0.2, 0) is 17.0 Å². The second-order valence-electron chi connectivity index (χ2n) is 5.06. The van der Waals surface area contributed by atoms with Crippen molar-refractivity contribution in [2.75, 3.05) is 17.6 Å². The summed E-state index contributed by atoms with van der Waals surface area (Å²) in [5, 5.41) is 12.1. The molecule has 0 aliphatic heterocycles. The molecule has 0 aromatic heterocycles. The zero-order valence-corrected chi connectivity index (χ0v) is 13.3. The summed E-state index contributed by atoms with van der Waals surface area (Å²) in [5.74, 6) is 1.31. The van der Waals surface area contributed by atoms with Gasteiger partial charge in [-0.1, -0.05) is 42.5 Å². The van der Waals surface area contributed by atoms with Crippen molar-refractivity contribution in [2.45, 2.75) is 18.6 Å². The van der Waals surface area contributed by atoms with Gasteiger partial charge in [0.25, 0.3) is 0 Å². The molecule has 2 aromatic rings. The third kappa shape index (κ3) is 6.22. The molecule has 0 heterocycles. The second-order valence-corrected chi connectivity index (χ2v) is 6.16. The number of rotatable bonds is 9. The molecule has 22 heavy (non-hydrogen) atoms. The number of carboxylic acids is 1. The maximum Gasteiger partial charge on any atom is 0.303 e. The molecule has 0 saturated heterocycles. The molecule has 0 bridgehead atoms. The topological polar surface area (TPSA) is 49.3 Å². The molecule has 0 aliphatic rings. The Labute approximate surface area is 135 Å². The summed E-state index contributed by atoms with van der Waals surface area (Å²) < 4.78 is 0. The van der Waals surface area contributed by atoms with Crippen LogP contribution in [0.4, 0.5) is 5.69 Å². The normalized spacial score (nSPS) is 10.4. The first-order valence-electron chi connectivity index (χ1n) is 7.40. The van der Waals surface area contributed by atoms with E-state index in [-0.39, 0.29) is 6.42 Å². The van der Waals surface area contributed by atoms with Gasteiger partial charge in [0.05, 0.1) is 0 Å². The van der Waals surface area contributed by atoms with E-state index in [1.165, 1.54) is 5.56 Å². The third-order valence-corrected chi connectivity index (χ3v) is 4.27. The van der Waals surface area contributed by atoms with Crippen LogP contribution in [0.3, 0.4) is 0 Å². The first kappa shape index (κ1) is 16.4. The Morgan fingerprint density at radius 1 is 1.05 bits per heavy atom. The van der Waals surface area contributed by atoms with Gasteiger partial charge in [-0.2, -0.15) is 11.8 Å². The van der Waals surface area contributed by atoms with Gasteiger partial charge in [0, 0.05) is 30.2 Å². The van der Waals surface area contributed by atoms with Gasteiger partial charge in [-0.25, -0.2) is 0 Å². The Morgan fingerprint density at radius 3 is 2.59 bits per heavy atom. The molecule has 0 saturated carbocycles. The molecule has 0 amide bonds. The number of carbonyl (C=O) groups is 1. The summed E-state index contributed by atoms with van der Waals surface area (Å²) in [4.78, 5) is 10.6. The smallest absolute Gasteiger partial charge is 0.303 e. The number of benzene rings is 2. The summed E-state index contributed by atoms with van der Waals surface area (Å²) in [6.07, 6.45) is 0.754. The van der Waals surface area contributed by atoms with Crippen molar-refractivity contribution >= 4 is 23.4 Å². The van der Waals surface area contributed by atoms with Crippen LogP contribution in [0.15, 0.2) is 54.6 Å². The molecule has 2 aromatic carbocycles. The number of hydrogen-bond donors (Lipinski definition) is 2. The summed E-state index contributed by atoms with van der Waals surface area (Å²) in [5.41, 5.74) is 3.47. The van der Waals surface area contributed by atoms with Gasteiger partial charge in [0.1, 0.15) is 0 Å². The van der Waals surface area contributed by atoms with Crippen LogP contribution < -0.4 is 5.32 Å². The molecule has 0 unspecified atom stereocenters. The molecular formula is C18H21NO2S. The molecule has 0 aliphatic carbocycles. The molecule has 3 nitrogen and oxygen atoms in total. The van der Waals surface area contributed by atoms with E-state index in [9.17, 15) is 4.79 Å². The van der Waals surface area contributed by atoms with Gasteiger partial charge in [-0.3, -0.25) is 4.79 Å². The minimum atomic E-state index is -0.754. The summed E-state index contributed by atoms with van der Waals surface area (Å²) >= 11 is 1.90. The van der Waals surface area contributed by atoms with Crippen LogP contribution in [0.5, 0.6) is 0 Å². The average Bonchev–Trinajstić information content (AvgIpc) is 2.54. The highest BCUT2D eigenvalue weighted by Gasteiger charge is 2.00. The summed E-state index contributed by atoms with van der Waals surface area (Å²) in [6.45, 7) is 0.903. The van der Waals surface area contributed by atoms with Crippen molar-refractivity contribution in [3.63, 3.8) is 0 Å². The quantitative estimate of drug-likeness (QED) is 0.685. The minimum absolute atomic E-state index is 0.177. The van der Waals surface area contributed by atoms with Gasteiger partial charge in [0.2, 0.25) is 0 Å². The Morgan fingerprint density at radius 2 is 1.82 bits per heavy atom. The Bertz CT molecular complexity index is 587. The highest BCUT2D eigenvalue weighted by molar-refractivity contribution is 7.98. The van der Waals surface area contributed by atoms with E-state index in [1.807, 2.05) is 42.1 Å². The van der Waals surface area contributed by atoms with Crippen LogP contribution in [0.1, 0.15) is 17.5 Å². The Kier molecular flexibility index (Phi) is 6.84. The fourth-order valence-electron chi connectivity index (χ4n) is 2.12. The van der Waals surface area contributed by atoms with E-state index in [0.29, 0.717) is 6.42 Å². The van der Waals surface area contributed by atoms with E-state index in [0.717, 1.165) is 29.3 Å². The van der Waals surface area contributed by atoms with E-state index in [1.54, 1.807) is 0 Å². The monoisotopic (exact) mass is 315 g/mol. The lowest BCUT2D eigenvalue weighted by molar-refractivity contribution is -0.136. The first-order chi connectivity index (χ1) is 10.7. The lowest BCUT2D eigenvalue weighted by Crippen LogP contribution is -2.05. The average molecular weight is 315 g/mol. The van der Waals surface area contributed by atoms with Gasteiger partial charge in [0.15, 0.2) is 0 Å². The zero-order chi connectivity index (χ0) is 15.6. The molecule has 0 spiro atoms. The maximum atomic E-state index is 10.6. The van der Waals surface area contributed by atoms with Crippen LogP contribution in [-0.4, -0.2) is 23.4 Å². The number of anilines is 1. The minimum Gasteiger partial charge on any atom is -0.481 e. The van der Waals surface area contributed by atoms with Crippen LogP contribution >= 0.6 is 11.8 Å². The molecule has 2 N–H and O–H groups in total. The fourth-order valence-corrected chi connectivity index (χ4v) is 2.94. The van der Waals surface area contributed by atoms with Crippen molar-refractivity contribution in [3.05, 3.63) is 65.7 Å². The number of hydrogen-bond acceptors (Lipinski definition) is 3.